The van der Waals surface area contributed by atoms with Crippen LogP contribution in [-0.2, 0) is 6.61 Å². The van der Waals surface area contributed by atoms with Gasteiger partial charge in [-0.1, -0.05) is 23.7 Å². The molecular formula is C16H18Cl2FN3O. The molecule has 3 rings (SSSR count). The van der Waals surface area contributed by atoms with Crippen molar-refractivity contribution in [1.29, 1.82) is 0 Å². The van der Waals surface area contributed by atoms with Crippen LogP contribution in [0.3, 0.4) is 0 Å². The fraction of sp³-hybridized carbons (Fsp3) is 0.312. The SMILES string of the molecule is Cl.Fc1cc(Cl)ccc1COc1cccc(N2CCNCC2)n1. The van der Waals surface area contributed by atoms with Crippen LogP contribution in [0.15, 0.2) is 36.4 Å². The van der Waals surface area contributed by atoms with Crippen LogP contribution in [0, 0.1) is 5.82 Å². The van der Waals surface area contributed by atoms with E-state index >= 15 is 0 Å². The normalized spacial score (nSPS) is 14.3. The monoisotopic (exact) mass is 357 g/mol. The number of aromatic nitrogens is 1. The summed E-state index contributed by atoms with van der Waals surface area (Å²) in [6.07, 6.45) is 0. The number of ether oxygens (including phenoxy) is 1. The molecule has 124 valence electrons. The first-order valence-electron chi connectivity index (χ1n) is 7.22. The van der Waals surface area contributed by atoms with E-state index in [1.165, 1.54) is 6.07 Å². The fourth-order valence-electron chi connectivity index (χ4n) is 2.34. The lowest BCUT2D eigenvalue weighted by molar-refractivity contribution is 0.288. The predicted molar refractivity (Wildman–Crippen MR) is 92.3 cm³/mol. The van der Waals surface area contributed by atoms with Crippen LogP contribution in [0.1, 0.15) is 5.56 Å². The summed E-state index contributed by atoms with van der Waals surface area (Å²) < 4.78 is 19.3. The maximum atomic E-state index is 13.7. The second-order valence-electron chi connectivity index (χ2n) is 5.10. The van der Waals surface area contributed by atoms with E-state index in [0.717, 1.165) is 32.0 Å². The number of hydrogen-bond acceptors (Lipinski definition) is 4. The van der Waals surface area contributed by atoms with Crippen LogP contribution < -0.4 is 15.0 Å². The summed E-state index contributed by atoms with van der Waals surface area (Å²) in [6.45, 7) is 3.86. The van der Waals surface area contributed by atoms with Crippen molar-refractivity contribution in [1.82, 2.24) is 10.3 Å². The number of hydrogen-bond donors (Lipinski definition) is 1. The number of nitrogens with zero attached hydrogens (tertiary/aromatic N) is 2. The number of anilines is 1. The zero-order valence-corrected chi connectivity index (χ0v) is 14.0. The molecule has 2 aromatic rings. The Bertz CT molecular complexity index is 651. The van der Waals surface area contributed by atoms with Crippen molar-refractivity contribution in [3.63, 3.8) is 0 Å². The molecule has 0 radical (unpaired) electrons. The highest BCUT2D eigenvalue weighted by Gasteiger charge is 2.12. The van der Waals surface area contributed by atoms with Crippen molar-refractivity contribution in [2.75, 3.05) is 31.1 Å². The van der Waals surface area contributed by atoms with Gasteiger partial charge >= 0.3 is 0 Å². The summed E-state index contributed by atoms with van der Waals surface area (Å²) in [7, 11) is 0. The van der Waals surface area contributed by atoms with Crippen LogP contribution >= 0.6 is 24.0 Å². The summed E-state index contributed by atoms with van der Waals surface area (Å²) in [5.74, 6) is 1.01. The smallest absolute Gasteiger partial charge is 0.215 e. The molecule has 0 spiro atoms. The molecule has 2 heterocycles. The second-order valence-corrected chi connectivity index (χ2v) is 5.53. The minimum atomic E-state index is -0.370. The Morgan fingerprint density at radius 2 is 2.00 bits per heavy atom. The van der Waals surface area contributed by atoms with E-state index in [4.69, 9.17) is 16.3 Å². The molecule has 1 aliphatic rings. The molecule has 1 aliphatic heterocycles. The number of halogens is 3. The predicted octanol–water partition coefficient (Wildman–Crippen LogP) is 3.28. The highest BCUT2D eigenvalue weighted by Crippen LogP contribution is 2.19. The molecule has 1 aromatic carbocycles. The lowest BCUT2D eigenvalue weighted by Gasteiger charge is -2.28. The number of nitrogens with one attached hydrogen (secondary N) is 1. The molecule has 0 atom stereocenters. The van der Waals surface area contributed by atoms with Crippen molar-refractivity contribution < 1.29 is 9.13 Å². The fourth-order valence-corrected chi connectivity index (χ4v) is 2.50. The van der Waals surface area contributed by atoms with Gasteiger partial charge in [0.15, 0.2) is 0 Å². The number of rotatable bonds is 4. The molecule has 0 aliphatic carbocycles. The van der Waals surface area contributed by atoms with Gasteiger partial charge in [-0.15, -0.1) is 12.4 Å². The van der Waals surface area contributed by atoms with E-state index in [2.05, 4.69) is 15.2 Å². The van der Waals surface area contributed by atoms with E-state index in [9.17, 15) is 4.39 Å². The topological polar surface area (TPSA) is 37.4 Å². The molecule has 7 heteroatoms. The molecular weight excluding hydrogens is 340 g/mol. The number of pyridine rings is 1. The molecule has 0 bridgehead atoms. The lowest BCUT2D eigenvalue weighted by atomic mass is 10.2. The van der Waals surface area contributed by atoms with Gasteiger partial charge in [-0.05, 0) is 18.2 Å². The van der Waals surface area contributed by atoms with Gasteiger partial charge in [-0.3, -0.25) is 0 Å². The van der Waals surface area contributed by atoms with Crippen molar-refractivity contribution in [3.8, 4) is 5.88 Å². The van der Waals surface area contributed by atoms with Crippen molar-refractivity contribution in [2.45, 2.75) is 6.61 Å². The number of piperazine rings is 1. The third kappa shape index (κ3) is 4.70. The maximum Gasteiger partial charge on any atom is 0.215 e. The van der Waals surface area contributed by atoms with Crippen LogP contribution in [-0.4, -0.2) is 31.2 Å². The zero-order valence-electron chi connectivity index (χ0n) is 12.5. The molecule has 1 N–H and O–H groups in total. The van der Waals surface area contributed by atoms with Crippen LogP contribution in [0.4, 0.5) is 10.2 Å². The summed E-state index contributed by atoms with van der Waals surface area (Å²) in [6, 6.07) is 10.2. The molecule has 1 saturated heterocycles. The Morgan fingerprint density at radius 1 is 1.22 bits per heavy atom. The first-order valence-corrected chi connectivity index (χ1v) is 7.59. The van der Waals surface area contributed by atoms with Gasteiger partial charge in [0.2, 0.25) is 5.88 Å². The van der Waals surface area contributed by atoms with E-state index in [1.54, 1.807) is 18.2 Å². The minimum Gasteiger partial charge on any atom is -0.473 e. The molecule has 1 fully saturated rings. The first kappa shape index (κ1) is 17.8. The van der Waals surface area contributed by atoms with E-state index in [0.29, 0.717) is 16.5 Å². The van der Waals surface area contributed by atoms with Gasteiger partial charge in [0.25, 0.3) is 0 Å². The van der Waals surface area contributed by atoms with E-state index in [1.807, 2.05) is 12.1 Å². The lowest BCUT2D eigenvalue weighted by Crippen LogP contribution is -2.43. The molecule has 1 aromatic heterocycles. The minimum absolute atomic E-state index is 0. The quantitative estimate of drug-likeness (QED) is 0.910. The van der Waals surface area contributed by atoms with E-state index < -0.39 is 0 Å². The summed E-state index contributed by atoms with van der Waals surface area (Å²) >= 11 is 5.74. The third-order valence-electron chi connectivity index (χ3n) is 3.54. The Hall–Kier alpha value is -1.56. The molecule has 23 heavy (non-hydrogen) atoms. The average molecular weight is 358 g/mol. The maximum absolute atomic E-state index is 13.7. The highest BCUT2D eigenvalue weighted by molar-refractivity contribution is 6.30. The molecule has 0 unspecified atom stereocenters. The summed E-state index contributed by atoms with van der Waals surface area (Å²) in [5.41, 5.74) is 0.457. The Balaban J connectivity index is 0.00000192. The van der Waals surface area contributed by atoms with Gasteiger partial charge in [0.05, 0.1) is 0 Å². The van der Waals surface area contributed by atoms with Crippen molar-refractivity contribution >= 4 is 29.8 Å². The second kappa shape index (κ2) is 8.34. The van der Waals surface area contributed by atoms with Gasteiger partial charge in [-0.2, -0.15) is 4.98 Å². The first-order chi connectivity index (χ1) is 10.7. The Morgan fingerprint density at radius 3 is 2.74 bits per heavy atom. The van der Waals surface area contributed by atoms with Crippen LogP contribution in [0.25, 0.3) is 0 Å². The van der Waals surface area contributed by atoms with Gasteiger partial charge in [-0.25, -0.2) is 4.39 Å². The zero-order chi connectivity index (χ0) is 15.4. The average Bonchev–Trinajstić information content (AvgIpc) is 2.55. The molecule has 4 nitrogen and oxygen atoms in total. The van der Waals surface area contributed by atoms with Gasteiger partial charge < -0.3 is 15.0 Å². The van der Waals surface area contributed by atoms with Crippen LogP contribution in [0.2, 0.25) is 5.02 Å². The van der Waals surface area contributed by atoms with Crippen molar-refractivity contribution in [2.24, 2.45) is 0 Å². The molecule has 0 saturated carbocycles. The number of benzene rings is 1. The Kier molecular flexibility index (Phi) is 6.45. The summed E-state index contributed by atoms with van der Waals surface area (Å²) in [4.78, 5) is 6.69. The van der Waals surface area contributed by atoms with Crippen molar-refractivity contribution in [3.05, 3.63) is 52.8 Å². The third-order valence-corrected chi connectivity index (χ3v) is 3.78. The van der Waals surface area contributed by atoms with Gasteiger partial charge in [0.1, 0.15) is 18.2 Å². The standard InChI is InChI=1S/C16H17ClFN3O.ClH/c17-13-5-4-12(14(18)10-13)11-22-16-3-1-2-15(20-16)21-8-6-19-7-9-21;/h1-5,10,19H,6-9,11H2;1H. The van der Waals surface area contributed by atoms with Gasteiger partial charge in [0, 0.05) is 42.8 Å². The van der Waals surface area contributed by atoms with Crippen LogP contribution in [0.5, 0.6) is 5.88 Å². The van der Waals surface area contributed by atoms with E-state index in [-0.39, 0.29) is 24.8 Å². The Labute approximate surface area is 146 Å². The highest BCUT2D eigenvalue weighted by atomic mass is 35.5. The largest absolute Gasteiger partial charge is 0.473 e. The molecule has 0 amide bonds. The summed E-state index contributed by atoms with van der Waals surface area (Å²) in [5, 5.41) is 3.68.